The van der Waals surface area contributed by atoms with E-state index in [1.807, 2.05) is 5.32 Å². The lowest BCUT2D eigenvalue weighted by atomic mass is 9.85. The molecule has 1 aromatic heterocycles. The maximum atomic E-state index is 13.1. The first-order valence-corrected chi connectivity index (χ1v) is 10.6. The summed E-state index contributed by atoms with van der Waals surface area (Å²) < 4.78 is 44.6. The molecule has 174 valence electrons. The van der Waals surface area contributed by atoms with Crippen molar-refractivity contribution in [1.82, 2.24) is 10.3 Å². The maximum absolute atomic E-state index is 13.1. The first-order valence-electron chi connectivity index (χ1n) is 10.2. The molecule has 1 aliphatic heterocycles. The van der Waals surface area contributed by atoms with Crippen LogP contribution in [0.15, 0.2) is 30.5 Å². The third-order valence-electron chi connectivity index (χ3n) is 6.03. The van der Waals surface area contributed by atoms with Crippen LogP contribution in [-0.2, 0) is 27.8 Å². The van der Waals surface area contributed by atoms with Gasteiger partial charge in [-0.15, -0.1) is 0 Å². The van der Waals surface area contributed by atoms with E-state index in [2.05, 4.69) is 4.98 Å². The monoisotopic (exact) mass is 480 g/mol. The van der Waals surface area contributed by atoms with Crippen molar-refractivity contribution in [1.29, 1.82) is 0 Å². The summed E-state index contributed by atoms with van der Waals surface area (Å²) in [5.41, 5.74) is -1.66. The lowest BCUT2D eigenvalue weighted by Crippen LogP contribution is -2.48. The van der Waals surface area contributed by atoms with Crippen molar-refractivity contribution in [3.05, 3.63) is 57.9 Å². The van der Waals surface area contributed by atoms with Crippen LogP contribution in [0.4, 0.5) is 13.2 Å². The van der Waals surface area contributed by atoms with E-state index in [0.717, 1.165) is 0 Å². The number of ether oxygens (including phenoxy) is 1. The molecular formula is C23H20ClF3N2O4. The molecule has 2 heterocycles. The van der Waals surface area contributed by atoms with Gasteiger partial charge in [-0.05, 0) is 62.1 Å². The van der Waals surface area contributed by atoms with Gasteiger partial charge in [0.25, 0.3) is 5.91 Å². The van der Waals surface area contributed by atoms with Crippen molar-refractivity contribution in [3.63, 3.8) is 0 Å². The van der Waals surface area contributed by atoms with E-state index in [9.17, 15) is 27.6 Å². The summed E-state index contributed by atoms with van der Waals surface area (Å²) in [5, 5.41) is 2.34. The Morgan fingerprint density at radius 2 is 1.88 bits per heavy atom. The van der Waals surface area contributed by atoms with Crippen LogP contribution in [-0.4, -0.2) is 34.4 Å². The van der Waals surface area contributed by atoms with Gasteiger partial charge in [0.2, 0.25) is 0 Å². The molecule has 1 aromatic carbocycles. The smallest absolute Gasteiger partial charge is 0.411 e. The van der Waals surface area contributed by atoms with Gasteiger partial charge in [0.05, 0.1) is 5.41 Å². The van der Waals surface area contributed by atoms with E-state index in [0.29, 0.717) is 27.5 Å². The zero-order chi connectivity index (χ0) is 24.2. The van der Waals surface area contributed by atoms with Crippen LogP contribution in [0.2, 0.25) is 5.02 Å². The van der Waals surface area contributed by atoms with Crippen LogP contribution in [0, 0.1) is 0 Å². The number of benzene rings is 1. The van der Waals surface area contributed by atoms with Gasteiger partial charge >= 0.3 is 12.1 Å². The number of carbonyl (C=O) groups is 3. The molecule has 0 unspecified atom stereocenters. The summed E-state index contributed by atoms with van der Waals surface area (Å²) in [7, 11) is 0. The molecule has 0 spiro atoms. The molecule has 0 bridgehead atoms. The number of nitrogens with zero attached hydrogens (tertiary/aromatic N) is 1. The average Bonchev–Trinajstić information content (AvgIpc) is 3.47. The number of amides is 1. The van der Waals surface area contributed by atoms with E-state index in [1.54, 1.807) is 26.0 Å². The number of hydrogen-bond acceptors (Lipinski definition) is 5. The predicted octanol–water partition coefficient (Wildman–Crippen LogP) is 4.11. The quantitative estimate of drug-likeness (QED) is 0.497. The largest absolute Gasteiger partial charge is 0.426 e. The molecule has 6 nitrogen and oxygen atoms in total. The van der Waals surface area contributed by atoms with Crippen LogP contribution < -0.4 is 10.1 Å². The molecule has 0 saturated heterocycles. The Balaban J connectivity index is 1.45. The normalized spacial score (nSPS) is 17.8. The van der Waals surface area contributed by atoms with Crippen molar-refractivity contribution in [2.45, 2.75) is 56.7 Å². The number of aromatic nitrogens is 1. The van der Waals surface area contributed by atoms with Crippen LogP contribution >= 0.6 is 11.6 Å². The van der Waals surface area contributed by atoms with Crippen molar-refractivity contribution in [2.24, 2.45) is 0 Å². The number of ketones is 1. The Morgan fingerprint density at radius 3 is 2.52 bits per heavy atom. The molecule has 0 radical (unpaired) electrons. The van der Waals surface area contributed by atoms with Gasteiger partial charge in [-0.3, -0.25) is 19.4 Å². The minimum Gasteiger partial charge on any atom is -0.426 e. The molecule has 2 aromatic rings. The molecule has 1 fully saturated rings. The number of nitrogens with one attached hydrogen (secondary N) is 1. The fourth-order valence-corrected chi connectivity index (χ4v) is 3.97. The highest BCUT2D eigenvalue weighted by Gasteiger charge is 2.64. The van der Waals surface area contributed by atoms with E-state index in [4.69, 9.17) is 16.3 Å². The lowest BCUT2D eigenvalue weighted by molar-refractivity contribution is -0.163. The molecule has 0 atom stereocenters. The zero-order valence-electron chi connectivity index (χ0n) is 17.8. The van der Waals surface area contributed by atoms with Crippen molar-refractivity contribution >= 4 is 29.3 Å². The second-order valence-corrected chi connectivity index (χ2v) is 9.34. The van der Waals surface area contributed by atoms with Crippen LogP contribution in [0.3, 0.4) is 0 Å². The minimum atomic E-state index is -4.53. The first-order chi connectivity index (χ1) is 15.3. The number of esters is 1. The van der Waals surface area contributed by atoms with Crippen molar-refractivity contribution in [3.8, 4) is 5.75 Å². The molecule has 1 saturated carbocycles. The number of alkyl halides is 3. The summed E-state index contributed by atoms with van der Waals surface area (Å²) in [5.74, 6) is -1.23. The highest BCUT2D eigenvalue weighted by Crippen LogP contribution is 2.49. The second kappa shape index (κ2) is 7.83. The summed E-state index contributed by atoms with van der Waals surface area (Å²) in [6.45, 7) is 3.44. The summed E-state index contributed by atoms with van der Waals surface area (Å²) in [6.07, 6.45) is -3.73. The van der Waals surface area contributed by atoms with Gasteiger partial charge < -0.3 is 10.1 Å². The molecule has 33 heavy (non-hydrogen) atoms. The van der Waals surface area contributed by atoms with E-state index >= 15 is 0 Å². The Morgan fingerprint density at radius 1 is 1.18 bits per heavy atom. The summed E-state index contributed by atoms with van der Waals surface area (Å²) in [6, 6.07) is 6.00. The maximum Gasteiger partial charge on any atom is 0.411 e. The van der Waals surface area contributed by atoms with Gasteiger partial charge in [-0.1, -0.05) is 11.6 Å². The number of Topliss-reactive ketones (excluding diaryl/α,β-unsaturated/α-hetero) is 1. The first kappa shape index (κ1) is 23.2. The lowest BCUT2D eigenvalue weighted by Gasteiger charge is -2.20. The Hall–Kier alpha value is -2.94. The molecule has 1 amide bonds. The minimum absolute atomic E-state index is 0.0505. The van der Waals surface area contributed by atoms with Gasteiger partial charge in [0, 0.05) is 29.6 Å². The van der Waals surface area contributed by atoms with E-state index < -0.39 is 29.0 Å². The topological polar surface area (TPSA) is 85.4 Å². The van der Waals surface area contributed by atoms with Gasteiger partial charge in [-0.2, -0.15) is 13.2 Å². The van der Waals surface area contributed by atoms with E-state index in [-0.39, 0.29) is 37.2 Å². The standard InChI is InChI=1S/C23H20ClF3N2O4/c1-21(2)15-11-16(24)13(10-18(15)33-20(21)32)9-14(30)7-12-3-6-28-17(8-12)19(31)29-22(4-5-22)23(25,26)27/h3,6,8,10-11H,4-5,7,9H2,1-2H3,(H,29,31). The number of rotatable bonds is 6. The third kappa shape index (κ3) is 4.34. The molecule has 1 aliphatic carbocycles. The fraction of sp³-hybridized carbons (Fsp3) is 0.391. The van der Waals surface area contributed by atoms with Crippen molar-refractivity contribution in [2.75, 3.05) is 0 Å². The predicted molar refractivity (Wildman–Crippen MR) is 112 cm³/mol. The van der Waals surface area contributed by atoms with Crippen molar-refractivity contribution < 1.29 is 32.3 Å². The van der Waals surface area contributed by atoms with Gasteiger partial charge in [0.15, 0.2) is 0 Å². The SMILES string of the molecule is CC1(C)C(=O)Oc2cc(CC(=O)Cc3ccnc(C(=O)NC4(C(F)(F)F)CC4)c3)c(Cl)cc21. The summed E-state index contributed by atoms with van der Waals surface area (Å²) in [4.78, 5) is 40.8. The highest BCUT2D eigenvalue weighted by molar-refractivity contribution is 6.31. The van der Waals surface area contributed by atoms with Crippen LogP contribution in [0.25, 0.3) is 0 Å². The number of carbonyl (C=O) groups excluding carboxylic acids is 3. The highest BCUT2D eigenvalue weighted by atomic mass is 35.5. The average molecular weight is 481 g/mol. The third-order valence-corrected chi connectivity index (χ3v) is 6.38. The molecular weight excluding hydrogens is 461 g/mol. The second-order valence-electron chi connectivity index (χ2n) is 8.93. The summed E-state index contributed by atoms with van der Waals surface area (Å²) >= 11 is 6.33. The zero-order valence-corrected chi connectivity index (χ0v) is 18.6. The molecule has 4 rings (SSSR count). The number of hydrogen-bond donors (Lipinski definition) is 1. The van der Waals surface area contributed by atoms with E-state index in [1.165, 1.54) is 18.3 Å². The molecule has 2 aliphatic rings. The molecule has 1 N–H and O–H groups in total. The van der Waals surface area contributed by atoms with Gasteiger partial charge in [0.1, 0.15) is 22.8 Å². The number of halogens is 4. The van der Waals surface area contributed by atoms with Gasteiger partial charge in [-0.25, -0.2) is 0 Å². The Kier molecular flexibility index (Phi) is 5.51. The number of pyridine rings is 1. The Bertz CT molecular complexity index is 1170. The molecule has 10 heteroatoms. The number of fused-ring (bicyclic) bond motifs is 1. The fourth-order valence-electron chi connectivity index (χ4n) is 3.74. The van der Waals surface area contributed by atoms with Crippen LogP contribution in [0.5, 0.6) is 5.75 Å². The van der Waals surface area contributed by atoms with Crippen LogP contribution in [0.1, 0.15) is 53.9 Å². The Labute approximate surface area is 192 Å².